The molecule has 5 rings (SSSR count). The average Bonchev–Trinajstić information content (AvgIpc) is 3.36. The van der Waals surface area contributed by atoms with Crippen LogP contribution in [0.5, 0.6) is 0 Å². The molecule has 0 saturated carbocycles. The standard InChI is InChI=1S/C24H24O5/c1-14(2)19(15-9-5-4-6-10-15)27-22-23(3)18(28-23)13-24(29-22)20(25)16-11-7-8-12-17(16)21(24)26/h4-12,14,18-19,22H,13H2,1-3H3/t18-,19+,22-,23-/m0/s1. The number of carbonyl (C=O) groups is 2. The van der Waals surface area contributed by atoms with Crippen LogP contribution in [0, 0.1) is 5.92 Å². The van der Waals surface area contributed by atoms with Crippen molar-refractivity contribution in [1.82, 2.24) is 0 Å². The molecule has 1 aliphatic carbocycles. The molecule has 5 nitrogen and oxygen atoms in total. The van der Waals surface area contributed by atoms with Gasteiger partial charge in [-0.05, 0) is 18.4 Å². The van der Waals surface area contributed by atoms with Crippen LogP contribution in [-0.2, 0) is 14.2 Å². The molecule has 2 fully saturated rings. The molecule has 3 aliphatic rings. The molecule has 2 aliphatic heterocycles. The second-order valence-electron chi connectivity index (χ2n) is 8.69. The number of hydrogen-bond donors (Lipinski definition) is 0. The van der Waals surface area contributed by atoms with Crippen LogP contribution in [0.3, 0.4) is 0 Å². The Labute approximate surface area is 170 Å². The van der Waals surface area contributed by atoms with Gasteiger partial charge in [-0.25, -0.2) is 0 Å². The van der Waals surface area contributed by atoms with Crippen molar-refractivity contribution in [3.05, 3.63) is 71.3 Å². The molecular formula is C24H24O5. The van der Waals surface area contributed by atoms with Crippen molar-refractivity contribution in [3.8, 4) is 0 Å². The van der Waals surface area contributed by atoms with E-state index >= 15 is 0 Å². The molecule has 0 N–H and O–H groups in total. The average molecular weight is 392 g/mol. The number of Topliss-reactive ketones (excluding diaryl/α,β-unsaturated/α-hetero) is 2. The smallest absolute Gasteiger partial charge is 0.203 e. The fourth-order valence-corrected chi connectivity index (χ4v) is 4.60. The Bertz CT molecular complexity index is 947. The lowest BCUT2D eigenvalue weighted by Crippen LogP contribution is -2.56. The molecule has 1 spiro atoms. The minimum Gasteiger partial charge on any atom is -0.361 e. The van der Waals surface area contributed by atoms with Gasteiger partial charge in [-0.1, -0.05) is 68.4 Å². The fourth-order valence-electron chi connectivity index (χ4n) is 4.60. The van der Waals surface area contributed by atoms with E-state index in [1.165, 1.54) is 0 Å². The summed E-state index contributed by atoms with van der Waals surface area (Å²) < 4.78 is 18.6. The summed E-state index contributed by atoms with van der Waals surface area (Å²) in [6.07, 6.45) is -1.07. The summed E-state index contributed by atoms with van der Waals surface area (Å²) in [5.41, 5.74) is -0.331. The van der Waals surface area contributed by atoms with Crippen molar-refractivity contribution in [2.45, 2.75) is 56.9 Å². The van der Waals surface area contributed by atoms with E-state index in [-0.39, 0.29) is 36.1 Å². The van der Waals surface area contributed by atoms with Crippen LogP contribution >= 0.6 is 0 Å². The number of epoxide rings is 1. The highest BCUT2D eigenvalue weighted by Crippen LogP contribution is 2.55. The lowest BCUT2D eigenvalue weighted by Gasteiger charge is -2.39. The first kappa shape index (κ1) is 18.7. The number of ketones is 2. The van der Waals surface area contributed by atoms with Crippen molar-refractivity contribution in [1.29, 1.82) is 0 Å². The minimum absolute atomic E-state index is 0.173. The summed E-state index contributed by atoms with van der Waals surface area (Å²) in [7, 11) is 0. The van der Waals surface area contributed by atoms with E-state index in [0.29, 0.717) is 11.1 Å². The second-order valence-corrected chi connectivity index (χ2v) is 8.69. The van der Waals surface area contributed by atoms with Crippen molar-refractivity contribution in [2.75, 3.05) is 0 Å². The van der Waals surface area contributed by atoms with Crippen LogP contribution in [0.25, 0.3) is 0 Å². The molecule has 150 valence electrons. The molecule has 0 amide bonds. The molecule has 2 aromatic carbocycles. The Morgan fingerprint density at radius 3 is 2.10 bits per heavy atom. The second kappa shape index (κ2) is 6.33. The van der Waals surface area contributed by atoms with Crippen LogP contribution in [0.4, 0.5) is 0 Å². The van der Waals surface area contributed by atoms with E-state index in [2.05, 4.69) is 13.8 Å². The predicted molar refractivity (Wildman–Crippen MR) is 106 cm³/mol. The minimum atomic E-state index is -1.55. The van der Waals surface area contributed by atoms with Gasteiger partial charge in [-0.15, -0.1) is 0 Å². The fraction of sp³-hybridized carbons (Fsp3) is 0.417. The predicted octanol–water partition coefficient (Wildman–Crippen LogP) is 4.12. The zero-order valence-electron chi connectivity index (χ0n) is 16.8. The largest absolute Gasteiger partial charge is 0.361 e. The van der Waals surface area contributed by atoms with E-state index in [0.717, 1.165) is 5.56 Å². The van der Waals surface area contributed by atoms with Crippen molar-refractivity contribution in [3.63, 3.8) is 0 Å². The first-order chi connectivity index (χ1) is 13.9. The molecule has 2 aromatic rings. The normalized spacial score (nSPS) is 30.3. The number of rotatable bonds is 4. The Kier molecular flexibility index (Phi) is 4.07. The van der Waals surface area contributed by atoms with E-state index in [9.17, 15) is 9.59 Å². The number of carbonyl (C=O) groups excluding carboxylic acids is 2. The van der Waals surface area contributed by atoms with E-state index in [4.69, 9.17) is 14.2 Å². The van der Waals surface area contributed by atoms with Crippen LogP contribution in [0.1, 0.15) is 59.6 Å². The lowest BCUT2D eigenvalue weighted by molar-refractivity contribution is -0.243. The highest BCUT2D eigenvalue weighted by molar-refractivity contribution is 6.32. The highest BCUT2D eigenvalue weighted by Gasteiger charge is 2.72. The molecule has 0 unspecified atom stereocenters. The summed E-state index contributed by atoms with van der Waals surface area (Å²) in [6, 6.07) is 16.8. The van der Waals surface area contributed by atoms with Gasteiger partial charge in [0.1, 0.15) is 5.60 Å². The van der Waals surface area contributed by atoms with Crippen molar-refractivity contribution in [2.24, 2.45) is 5.92 Å². The van der Waals surface area contributed by atoms with Crippen LogP contribution in [-0.4, -0.2) is 35.2 Å². The molecule has 29 heavy (non-hydrogen) atoms. The Morgan fingerprint density at radius 1 is 0.931 bits per heavy atom. The van der Waals surface area contributed by atoms with Gasteiger partial charge in [0.25, 0.3) is 0 Å². The lowest BCUT2D eigenvalue weighted by atomic mass is 9.84. The van der Waals surface area contributed by atoms with Gasteiger partial charge in [0.15, 0.2) is 11.9 Å². The third kappa shape index (κ3) is 2.65. The third-order valence-corrected chi connectivity index (χ3v) is 6.38. The maximum absolute atomic E-state index is 13.2. The Hall–Kier alpha value is -2.34. The van der Waals surface area contributed by atoms with Crippen molar-refractivity contribution < 1.29 is 23.8 Å². The van der Waals surface area contributed by atoms with Gasteiger partial charge in [0, 0.05) is 17.5 Å². The maximum Gasteiger partial charge on any atom is 0.203 e. The Morgan fingerprint density at radius 2 is 1.52 bits per heavy atom. The van der Waals surface area contributed by atoms with E-state index in [1.807, 2.05) is 37.3 Å². The Balaban J connectivity index is 1.49. The van der Waals surface area contributed by atoms with Crippen molar-refractivity contribution >= 4 is 11.6 Å². The quantitative estimate of drug-likeness (QED) is 0.578. The van der Waals surface area contributed by atoms with Gasteiger partial charge in [0.05, 0.1) is 12.2 Å². The van der Waals surface area contributed by atoms with Gasteiger partial charge in [-0.3, -0.25) is 9.59 Å². The van der Waals surface area contributed by atoms with Gasteiger partial charge in [-0.2, -0.15) is 0 Å². The van der Waals surface area contributed by atoms with Gasteiger partial charge in [0.2, 0.25) is 11.6 Å². The number of fused-ring (bicyclic) bond motifs is 2. The molecule has 2 saturated heterocycles. The van der Waals surface area contributed by atoms with Gasteiger partial charge >= 0.3 is 0 Å². The third-order valence-electron chi connectivity index (χ3n) is 6.38. The summed E-state index contributed by atoms with van der Waals surface area (Å²) in [5.74, 6) is -0.401. The first-order valence-corrected chi connectivity index (χ1v) is 10.1. The summed E-state index contributed by atoms with van der Waals surface area (Å²) in [4.78, 5) is 26.5. The zero-order chi connectivity index (χ0) is 20.4. The maximum atomic E-state index is 13.2. The topological polar surface area (TPSA) is 65.1 Å². The zero-order valence-corrected chi connectivity index (χ0v) is 16.8. The number of ether oxygens (including phenoxy) is 3. The number of benzene rings is 2. The molecular weight excluding hydrogens is 368 g/mol. The first-order valence-electron chi connectivity index (χ1n) is 10.1. The van der Waals surface area contributed by atoms with Crippen LogP contribution in [0.2, 0.25) is 0 Å². The molecule has 2 heterocycles. The number of hydrogen-bond acceptors (Lipinski definition) is 5. The van der Waals surface area contributed by atoms with Crippen LogP contribution in [0.15, 0.2) is 54.6 Å². The molecule has 0 radical (unpaired) electrons. The highest BCUT2D eigenvalue weighted by atomic mass is 16.8. The molecule has 0 bridgehead atoms. The summed E-state index contributed by atoms with van der Waals surface area (Å²) in [5, 5.41) is 0. The monoisotopic (exact) mass is 392 g/mol. The van der Waals surface area contributed by atoms with E-state index < -0.39 is 17.5 Å². The summed E-state index contributed by atoms with van der Waals surface area (Å²) >= 11 is 0. The molecule has 4 atom stereocenters. The van der Waals surface area contributed by atoms with E-state index in [1.54, 1.807) is 24.3 Å². The van der Waals surface area contributed by atoms with Gasteiger partial charge < -0.3 is 14.2 Å². The SMILES string of the molecule is CC(C)[C@@H](O[C@H]1OC2(C[C@@H]3O[C@]13C)C(=O)c1ccccc1C2=O)c1ccccc1. The molecule has 5 heteroatoms. The summed E-state index contributed by atoms with van der Waals surface area (Å²) in [6.45, 7) is 6.08. The molecule has 0 aromatic heterocycles. The van der Waals surface area contributed by atoms with Crippen LogP contribution < -0.4 is 0 Å².